The smallest absolute Gasteiger partial charge is 0.336 e. The van der Waals surface area contributed by atoms with Crippen LogP contribution < -0.4 is 22.9 Å². The lowest BCUT2D eigenvalue weighted by Gasteiger charge is -2.09. The van der Waals surface area contributed by atoms with Crippen molar-refractivity contribution in [2.45, 2.75) is 13.8 Å². The van der Waals surface area contributed by atoms with Crippen LogP contribution in [0.5, 0.6) is 0 Å². The van der Waals surface area contributed by atoms with E-state index in [4.69, 9.17) is 28.0 Å². The maximum Gasteiger partial charge on any atom is 0.336 e. The molecule has 4 aromatic carbocycles. The van der Waals surface area contributed by atoms with Gasteiger partial charge in [-0.25, -0.2) is 4.79 Å². The number of aryl methyl sites for hydroxylation is 2. The van der Waals surface area contributed by atoms with Gasteiger partial charge in [0, 0.05) is 28.3 Å². The number of hydrogen-bond acceptors (Lipinski definition) is 5. The van der Waals surface area contributed by atoms with E-state index in [-0.39, 0.29) is 5.56 Å². The van der Waals surface area contributed by atoms with Crippen molar-refractivity contribution in [2.24, 2.45) is 0 Å². The molecule has 0 saturated carbocycles. The number of anilines is 4. The first-order chi connectivity index (χ1) is 15.7. The minimum atomic E-state index is -0.996. The van der Waals surface area contributed by atoms with Gasteiger partial charge in [-0.2, -0.15) is 0 Å². The summed E-state index contributed by atoms with van der Waals surface area (Å²) in [5, 5.41) is 9.13. The van der Waals surface area contributed by atoms with Gasteiger partial charge in [-0.3, -0.25) is 0 Å². The zero-order valence-corrected chi connectivity index (χ0v) is 18.7. The predicted molar refractivity (Wildman–Crippen MR) is 138 cm³/mol. The second-order valence-electron chi connectivity index (χ2n) is 7.84. The van der Waals surface area contributed by atoms with E-state index < -0.39 is 5.97 Å². The lowest BCUT2D eigenvalue weighted by molar-refractivity contribution is 0.0697. The molecular formula is C27H28N4O2. The normalized spacial score (nSPS) is 10.2. The molecule has 4 rings (SSSR count). The molecule has 0 saturated heterocycles. The van der Waals surface area contributed by atoms with Crippen molar-refractivity contribution in [2.75, 3.05) is 22.9 Å². The number of nitrogens with two attached hydrogens (primary N) is 4. The highest BCUT2D eigenvalue weighted by molar-refractivity contribution is 5.99. The zero-order valence-electron chi connectivity index (χ0n) is 18.7. The molecule has 0 fully saturated rings. The highest BCUT2D eigenvalue weighted by atomic mass is 16.4. The summed E-state index contributed by atoms with van der Waals surface area (Å²) in [5.74, 6) is -0.996. The number of rotatable bonds is 3. The molecule has 33 heavy (non-hydrogen) atoms. The van der Waals surface area contributed by atoms with Crippen LogP contribution in [0.2, 0.25) is 0 Å². The lowest BCUT2D eigenvalue weighted by atomic mass is 9.97. The monoisotopic (exact) mass is 440 g/mol. The second-order valence-corrected chi connectivity index (χ2v) is 7.84. The van der Waals surface area contributed by atoms with E-state index in [0.29, 0.717) is 16.9 Å². The summed E-state index contributed by atoms with van der Waals surface area (Å²) >= 11 is 0. The Labute approximate surface area is 193 Å². The molecule has 0 atom stereocenters. The Morgan fingerprint density at radius 1 is 0.636 bits per heavy atom. The van der Waals surface area contributed by atoms with E-state index in [1.54, 1.807) is 36.4 Å². The molecular weight excluding hydrogens is 412 g/mol. The molecule has 0 amide bonds. The number of benzene rings is 4. The number of aromatic carboxylic acids is 1. The number of carboxylic acids is 1. The molecule has 6 heteroatoms. The number of carbonyl (C=O) groups is 1. The van der Waals surface area contributed by atoms with Crippen LogP contribution in [0.25, 0.3) is 22.3 Å². The van der Waals surface area contributed by atoms with Crippen LogP contribution in [0.15, 0.2) is 78.9 Å². The molecule has 0 aliphatic heterocycles. The average molecular weight is 441 g/mol. The van der Waals surface area contributed by atoms with Crippen LogP contribution in [0.1, 0.15) is 21.5 Å². The third kappa shape index (κ3) is 5.43. The van der Waals surface area contributed by atoms with Crippen molar-refractivity contribution in [1.82, 2.24) is 0 Å². The zero-order chi connectivity index (χ0) is 24.1. The average Bonchev–Trinajstić information content (AvgIpc) is 2.78. The molecule has 0 radical (unpaired) electrons. The standard InChI is InChI=1S/C14H16N2.C13H12N2O2/c1-9-7-11(3-5-13(9)15)12-4-6-14(16)10(2)8-12;14-9-6-4-8(5-7-9)12-10(13(16)17)2-1-3-11(12)15/h3-8H,15-16H2,1-2H3;1-7H,14-15H2,(H,16,17). The largest absolute Gasteiger partial charge is 0.478 e. The summed E-state index contributed by atoms with van der Waals surface area (Å²) in [6.07, 6.45) is 0. The first kappa shape index (κ1) is 23.2. The number of nitrogen functional groups attached to an aromatic ring is 4. The van der Waals surface area contributed by atoms with Crippen LogP contribution in [-0.2, 0) is 0 Å². The van der Waals surface area contributed by atoms with Crippen LogP contribution in [-0.4, -0.2) is 11.1 Å². The molecule has 0 aliphatic carbocycles. The van der Waals surface area contributed by atoms with Crippen molar-refractivity contribution in [3.63, 3.8) is 0 Å². The summed E-state index contributed by atoms with van der Waals surface area (Å²) in [4.78, 5) is 11.1. The number of hydrogen-bond donors (Lipinski definition) is 5. The van der Waals surface area contributed by atoms with Gasteiger partial charge in [0.25, 0.3) is 0 Å². The maximum absolute atomic E-state index is 11.1. The van der Waals surface area contributed by atoms with Crippen molar-refractivity contribution < 1.29 is 9.90 Å². The fraction of sp³-hybridized carbons (Fsp3) is 0.0741. The van der Waals surface area contributed by atoms with Gasteiger partial charge >= 0.3 is 5.97 Å². The third-order valence-corrected chi connectivity index (χ3v) is 5.40. The minimum Gasteiger partial charge on any atom is -0.478 e. The van der Waals surface area contributed by atoms with E-state index in [9.17, 15) is 4.79 Å². The molecule has 4 aromatic rings. The minimum absolute atomic E-state index is 0.190. The SMILES string of the molecule is Cc1cc(-c2ccc(N)c(C)c2)ccc1N.Nc1ccc(-c2c(N)cccc2C(=O)O)cc1. The van der Waals surface area contributed by atoms with E-state index in [1.165, 1.54) is 17.2 Å². The van der Waals surface area contributed by atoms with Crippen LogP contribution in [0, 0.1) is 13.8 Å². The molecule has 9 N–H and O–H groups in total. The highest BCUT2D eigenvalue weighted by Gasteiger charge is 2.13. The molecule has 0 unspecified atom stereocenters. The summed E-state index contributed by atoms with van der Waals surface area (Å²) in [6, 6.07) is 23.9. The lowest BCUT2D eigenvalue weighted by Crippen LogP contribution is -2.02. The van der Waals surface area contributed by atoms with Gasteiger partial charge in [0.2, 0.25) is 0 Å². The van der Waals surface area contributed by atoms with E-state index in [0.717, 1.165) is 28.1 Å². The van der Waals surface area contributed by atoms with Gasteiger partial charge in [0.15, 0.2) is 0 Å². The van der Waals surface area contributed by atoms with Gasteiger partial charge in [-0.05, 0) is 90.2 Å². The summed E-state index contributed by atoms with van der Waals surface area (Å²) < 4.78 is 0. The molecule has 0 bridgehead atoms. The summed E-state index contributed by atoms with van der Waals surface area (Å²) in [6.45, 7) is 4.03. The van der Waals surface area contributed by atoms with Gasteiger partial charge in [-0.15, -0.1) is 0 Å². The molecule has 0 spiro atoms. The number of carboxylic acid groups (broad SMARTS) is 1. The molecule has 168 valence electrons. The first-order valence-corrected chi connectivity index (χ1v) is 10.4. The molecule has 0 heterocycles. The van der Waals surface area contributed by atoms with Crippen LogP contribution in [0.3, 0.4) is 0 Å². The molecule has 0 aromatic heterocycles. The van der Waals surface area contributed by atoms with Gasteiger partial charge in [0.1, 0.15) is 0 Å². The van der Waals surface area contributed by atoms with Crippen molar-refractivity contribution in [3.05, 3.63) is 95.6 Å². The fourth-order valence-electron chi connectivity index (χ4n) is 3.43. The Balaban J connectivity index is 0.000000186. The fourth-order valence-corrected chi connectivity index (χ4v) is 3.43. The Hall–Kier alpha value is -4.45. The van der Waals surface area contributed by atoms with Gasteiger partial charge in [-0.1, -0.05) is 30.3 Å². The Kier molecular flexibility index (Phi) is 6.88. The quantitative estimate of drug-likeness (QED) is 0.272. The molecule has 0 aliphatic rings. The van der Waals surface area contributed by atoms with E-state index in [2.05, 4.69) is 12.1 Å². The Bertz CT molecular complexity index is 1250. The summed E-state index contributed by atoms with van der Waals surface area (Å²) in [7, 11) is 0. The second kappa shape index (κ2) is 9.78. The maximum atomic E-state index is 11.1. The van der Waals surface area contributed by atoms with Crippen molar-refractivity contribution in [3.8, 4) is 22.3 Å². The summed E-state index contributed by atoms with van der Waals surface area (Å²) in [5.41, 5.74) is 31.8. The van der Waals surface area contributed by atoms with Crippen LogP contribution in [0.4, 0.5) is 22.7 Å². The Morgan fingerprint density at radius 3 is 1.58 bits per heavy atom. The van der Waals surface area contributed by atoms with Crippen LogP contribution >= 0.6 is 0 Å². The van der Waals surface area contributed by atoms with Gasteiger partial charge < -0.3 is 28.0 Å². The van der Waals surface area contributed by atoms with Crippen molar-refractivity contribution in [1.29, 1.82) is 0 Å². The predicted octanol–water partition coefficient (Wildman–Crippen LogP) is 5.35. The van der Waals surface area contributed by atoms with E-state index >= 15 is 0 Å². The van der Waals surface area contributed by atoms with Crippen molar-refractivity contribution >= 4 is 28.7 Å². The van der Waals surface area contributed by atoms with E-state index in [1.807, 2.05) is 38.1 Å². The highest BCUT2D eigenvalue weighted by Crippen LogP contribution is 2.30. The first-order valence-electron chi connectivity index (χ1n) is 10.4. The van der Waals surface area contributed by atoms with Gasteiger partial charge in [0.05, 0.1) is 5.56 Å². The third-order valence-electron chi connectivity index (χ3n) is 5.40. The topological polar surface area (TPSA) is 141 Å². The molecule has 6 nitrogen and oxygen atoms in total. The Morgan fingerprint density at radius 2 is 1.12 bits per heavy atom.